The summed E-state index contributed by atoms with van der Waals surface area (Å²) in [5, 5.41) is 5.51. The third-order valence-electron chi connectivity index (χ3n) is 3.67. The Balaban J connectivity index is 1.58. The van der Waals surface area contributed by atoms with Crippen molar-refractivity contribution in [3.63, 3.8) is 0 Å². The summed E-state index contributed by atoms with van der Waals surface area (Å²) >= 11 is 0. The molecule has 1 heterocycles. The van der Waals surface area contributed by atoms with Gasteiger partial charge < -0.3 is 15.2 Å². The molecule has 0 saturated heterocycles. The van der Waals surface area contributed by atoms with Gasteiger partial charge in [0.25, 0.3) is 0 Å². The summed E-state index contributed by atoms with van der Waals surface area (Å²) in [7, 11) is 1.77. The minimum atomic E-state index is -0.315. The highest BCUT2D eigenvalue weighted by Crippen LogP contribution is 2.12. The normalized spacial score (nSPS) is 10.7. The highest BCUT2D eigenvalue weighted by atomic mass is 16.2. The van der Waals surface area contributed by atoms with E-state index in [1.54, 1.807) is 42.2 Å². The van der Waals surface area contributed by atoms with Crippen molar-refractivity contribution in [1.82, 2.24) is 9.55 Å². The molecule has 2 amide bonds. The summed E-state index contributed by atoms with van der Waals surface area (Å²) < 4.78 is 1.67. The Hall–Kier alpha value is -3.67. The van der Waals surface area contributed by atoms with E-state index in [1.807, 2.05) is 42.5 Å². The number of ketones is 1. The number of aryl methyl sites for hydroxylation is 1. The molecule has 0 aliphatic rings. The zero-order chi connectivity index (χ0) is 18.4. The maximum atomic E-state index is 12.1. The molecule has 2 N–H and O–H groups in total. The lowest BCUT2D eigenvalue weighted by atomic mass is 10.1. The smallest absolute Gasteiger partial charge is 0.323 e. The maximum Gasteiger partial charge on any atom is 0.323 e. The number of carbonyl (C=O) groups is 2. The van der Waals surface area contributed by atoms with Gasteiger partial charge in [-0.15, -0.1) is 0 Å². The van der Waals surface area contributed by atoms with E-state index in [4.69, 9.17) is 0 Å². The van der Waals surface area contributed by atoms with Crippen molar-refractivity contribution >= 4 is 29.3 Å². The number of amides is 2. The quantitative estimate of drug-likeness (QED) is 0.542. The van der Waals surface area contributed by atoms with Gasteiger partial charge >= 0.3 is 6.03 Å². The summed E-state index contributed by atoms with van der Waals surface area (Å²) in [6, 6.07) is 16.1. The van der Waals surface area contributed by atoms with Crippen LogP contribution in [0.4, 0.5) is 16.2 Å². The Bertz CT molecular complexity index is 928. The minimum absolute atomic E-state index is 0.165. The molecule has 2 aromatic carbocycles. The van der Waals surface area contributed by atoms with Crippen LogP contribution in [0.5, 0.6) is 0 Å². The molecule has 3 rings (SSSR count). The third-order valence-corrected chi connectivity index (χ3v) is 3.67. The third kappa shape index (κ3) is 4.45. The topological polar surface area (TPSA) is 76.0 Å². The van der Waals surface area contributed by atoms with Crippen LogP contribution in [0.2, 0.25) is 0 Å². The number of benzene rings is 2. The van der Waals surface area contributed by atoms with Crippen LogP contribution in [0, 0.1) is 0 Å². The lowest BCUT2D eigenvalue weighted by Gasteiger charge is -2.07. The van der Waals surface area contributed by atoms with Gasteiger partial charge in [0.05, 0.1) is 0 Å². The number of nitrogens with one attached hydrogen (secondary N) is 2. The van der Waals surface area contributed by atoms with Gasteiger partial charge in [-0.25, -0.2) is 9.78 Å². The van der Waals surface area contributed by atoms with Crippen LogP contribution in [0.15, 0.2) is 73.1 Å². The number of rotatable bonds is 5. The number of nitrogens with zero attached hydrogens (tertiary/aromatic N) is 2. The summed E-state index contributed by atoms with van der Waals surface area (Å²) in [5.41, 5.74) is 2.23. The van der Waals surface area contributed by atoms with Gasteiger partial charge in [0.15, 0.2) is 5.82 Å². The molecule has 0 saturated carbocycles. The molecule has 3 aromatic rings. The highest BCUT2D eigenvalue weighted by molar-refractivity contribution is 6.04. The first-order valence-electron chi connectivity index (χ1n) is 8.05. The molecule has 0 unspecified atom stereocenters. The standard InChI is InChI=1S/C20H18N4O2/c1-24-14-13-21-19(24)18(25)12-9-15-7-10-17(11-8-15)23-20(26)22-16-5-3-2-4-6-16/h2-14H,1H3,(H2,22,23,26)/b12-9+. The first kappa shape index (κ1) is 17.2. The number of allylic oxidation sites excluding steroid dienone is 1. The van der Waals surface area contributed by atoms with Crippen LogP contribution in [-0.2, 0) is 7.05 Å². The number of urea groups is 1. The van der Waals surface area contributed by atoms with E-state index in [0.29, 0.717) is 11.5 Å². The number of aromatic nitrogens is 2. The summed E-state index contributed by atoms with van der Waals surface area (Å²) in [6.07, 6.45) is 6.50. The van der Waals surface area contributed by atoms with Gasteiger partial charge in [-0.2, -0.15) is 0 Å². The van der Waals surface area contributed by atoms with E-state index < -0.39 is 0 Å². The number of hydrogen-bond donors (Lipinski definition) is 2. The predicted molar refractivity (Wildman–Crippen MR) is 102 cm³/mol. The van der Waals surface area contributed by atoms with Crippen LogP contribution in [0.3, 0.4) is 0 Å². The Labute approximate surface area is 151 Å². The molecule has 0 aliphatic heterocycles. The summed E-state index contributed by atoms with van der Waals surface area (Å²) in [4.78, 5) is 28.0. The molecule has 0 atom stereocenters. The van der Waals surface area contributed by atoms with Crippen molar-refractivity contribution < 1.29 is 9.59 Å². The molecule has 0 aliphatic carbocycles. The number of anilines is 2. The van der Waals surface area contributed by atoms with Crippen LogP contribution >= 0.6 is 0 Å². The minimum Gasteiger partial charge on any atom is -0.331 e. The van der Waals surface area contributed by atoms with Crippen molar-refractivity contribution in [2.24, 2.45) is 7.05 Å². The largest absolute Gasteiger partial charge is 0.331 e. The number of hydrogen-bond acceptors (Lipinski definition) is 3. The summed E-state index contributed by atoms with van der Waals surface area (Å²) in [5.74, 6) is 0.221. The van der Waals surface area contributed by atoms with Crippen LogP contribution in [0.25, 0.3) is 6.08 Å². The van der Waals surface area contributed by atoms with E-state index in [1.165, 1.54) is 6.08 Å². The maximum absolute atomic E-state index is 12.1. The Morgan fingerprint density at radius 2 is 1.62 bits per heavy atom. The molecule has 1 aromatic heterocycles. The second kappa shape index (κ2) is 7.94. The van der Waals surface area contributed by atoms with Gasteiger partial charge in [0.2, 0.25) is 5.78 Å². The highest BCUT2D eigenvalue weighted by Gasteiger charge is 2.06. The molecule has 130 valence electrons. The molecular weight excluding hydrogens is 328 g/mol. The fraction of sp³-hybridized carbons (Fsp3) is 0.0500. The second-order valence-electron chi connectivity index (χ2n) is 5.63. The molecule has 0 fully saturated rings. The van der Waals surface area contributed by atoms with Gasteiger partial charge in [0, 0.05) is 30.8 Å². The molecule has 0 spiro atoms. The lowest BCUT2D eigenvalue weighted by Crippen LogP contribution is -2.19. The zero-order valence-corrected chi connectivity index (χ0v) is 14.2. The molecule has 0 bridgehead atoms. The predicted octanol–water partition coefficient (Wildman–Crippen LogP) is 3.96. The average Bonchev–Trinajstić information content (AvgIpc) is 3.08. The van der Waals surface area contributed by atoms with Crippen LogP contribution in [-0.4, -0.2) is 21.4 Å². The fourth-order valence-corrected chi connectivity index (χ4v) is 2.34. The van der Waals surface area contributed by atoms with E-state index in [2.05, 4.69) is 15.6 Å². The number of para-hydroxylation sites is 1. The molecule has 26 heavy (non-hydrogen) atoms. The monoisotopic (exact) mass is 346 g/mol. The number of imidazole rings is 1. The first-order valence-corrected chi connectivity index (χ1v) is 8.05. The average molecular weight is 346 g/mol. The molecule has 0 radical (unpaired) electrons. The fourth-order valence-electron chi connectivity index (χ4n) is 2.34. The van der Waals surface area contributed by atoms with Crippen molar-refractivity contribution in [3.8, 4) is 0 Å². The van der Waals surface area contributed by atoms with Gasteiger partial charge in [-0.1, -0.05) is 36.4 Å². The van der Waals surface area contributed by atoms with Crippen molar-refractivity contribution in [3.05, 3.63) is 84.5 Å². The van der Waals surface area contributed by atoms with E-state index in [-0.39, 0.29) is 11.8 Å². The van der Waals surface area contributed by atoms with E-state index in [9.17, 15) is 9.59 Å². The lowest BCUT2D eigenvalue weighted by molar-refractivity contribution is 0.103. The molecule has 6 nitrogen and oxygen atoms in total. The number of carbonyl (C=O) groups excluding carboxylic acids is 2. The van der Waals surface area contributed by atoms with Crippen molar-refractivity contribution in [2.45, 2.75) is 0 Å². The van der Waals surface area contributed by atoms with Crippen molar-refractivity contribution in [2.75, 3.05) is 10.6 Å². The molecular formula is C20H18N4O2. The summed E-state index contributed by atoms with van der Waals surface area (Å²) in [6.45, 7) is 0. The zero-order valence-electron chi connectivity index (χ0n) is 14.2. The van der Waals surface area contributed by atoms with Crippen LogP contribution in [0.1, 0.15) is 16.2 Å². The SMILES string of the molecule is Cn1ccnc1C(=O)/C=C/c1ccc(NC(=O)Nc2ccccc2)cc1. The first-order chi connectivity index (χ1) is 12.6. The Morgan fingerprint density at radius 3 is 2.23 bits per heavy atom. The van der Waals surface area contributed by atoms with E-state index in [0.717, 1.165) is 11.3 Å². The van der Waals surface area contributed by atoms with Crippen molar-refractivity contribution in [1.29, 1.82) is 0 Å². The van der Waals surface area contributed by atoms with Gasteiger partial charge in [-0.3, -0.25) is 4.79 Å². The Morgan fingerprint density at radius 1 is 0.962 bits per heavy atom. The van der Waals surface area contributed by atoms with Crippen LogP contribution < -0.4 is 10.6 Å². The Kier molecular flexibility index (Phi) is 5.24. The molecule has 6 heteroatoms. The van der Waals surface area contributed by atoms with Gasteiger partial charge in [-0.05, 0) is 35.9 Å². The second-order valence-corrected chi connectivity index (χ2v) is 5.63. The van der Waals surface area contributed by atoms with Gasteiger partial charge in [0.1, 0.15) is 0 Å². The van der Waals surface area contributed by atoms with E-state index >= 15 is 0 Å².